The second kappa shape index (κ2) is 5.54. The Labute approximate surface area is 118 Å². The minimum absolute atomic E-state index is 0.198. The molecule has 2 rings (SSSR count). The molecule has 0 bridgehead atoms. The van der Waals surface area contributed by atoms with E-state index in [-0.39, 0.29) is 11.3 Å². The van der Waals surface area contributed by atoms with Gasteiger partial charge in [-0.05, 0) is 28.1 Å². The quantitative estimate of drug-likeness (QED) is 0.809. The van der Waals surface area contributed by atoms with Gasteiger partial charge >= 0.3 is 0 Å². The molecule has 1 aromatic heterocycles. The standard InChI is InChI=1S/C12H10BrClN2O2/c1-16-6-5-11(15-16)18-7-9-8(12(13)17)3-2-4-10(9)14/h2-6H,7H2,1H3. The summed E-state index contributed by atoms with van der Waals surface area (Å²) in [7, 11) is 1.80. The van der Waals surface area contributed by atoms with Crippen LogP contribution in [0, 0.1) is 0 Å². The smallest absolute Gasteiger partial charge is 0.233 e. The highest BCUT2D eigenvalue weighted by atomic mass is 79.9. The van der Waals surface area contributed by atoms with Crippen LogP contribution in [0.2, 0.25) is 5.02 Å². The van der Waals surface area contributed by atoms with Gasteiger partial charge in [0.1, 0.15) is 6.61 Å². The molecule has 0 N–H and O–H groups in total. The van der Waals surface area contributed by atoms with E-state index in [1.807, 2.05) is 0 Å². The number of carbonyl (C=O) groups is 1. The molecule has 4 nitrogen and oxygen atoms in total. The van der Waals surface area contributed by atoms with Crippen molar-refractivity contribution in [2.75, 3.05) is 0 Å². The van der Waals surface area contributed by atoms with Crippen LogP contribution in [0.4, 0.5) is 0 Å². The van der Waals surface area contributed by atoms with E-state index in [4.69, 9.17) is 16.3 Å². The number of benzene rings is 1. The van der Waals surface area contributed by atoms with Gasteiger partial charge in [0.05, 0.1) is 0 Å². The fourth-order valence-electron chi connectivity index (χ4n) is 1.51. The molecule has 2 aromatic rings. The molecule has 0 saturated heterocycles. The first-order valence-electron chi connectivity index (χ1n) is 5.17. The van der Waals surface area contributed by atoms with Crippen molar-refractivity contribution < 1.29 is 9.53 Å². The topological polar surface area (TPSA) is 44.1 Å². The predicted molar refractivity (Wildman–Crippen MR) is 72.2 cm³/mol. The van der Waals surface area contributed by atoms with E-state index in [1.165, 1.54) is 0 Å². The van der Waals surface area contributed by atoms with Crippen molar-refractivity contribution in [3.63, 3.8) is 0 Å². The third-order valence-electron chi connectivity index (χ3n) is 2.38. The Kier molecular flexibility index (Phi) is 4.04. The van der Waals surface area contributed by atoms with Gasteiger partial charge in [-0.3, -0.25) is 9.48 Å². The van der Waals surface area contributed by atoms with Gasteiger partial charge in [0, 0.05) is 35.5 Å². The van der Waals surface area contributed by atoms with E-state index in [1.54, 1.807) is 42.2 Å². The Hall–Kier alpha value is -1.33. The monoisotopic (exact) mass is 328 g/mol. The summed E-state index contributed by atoms with van der Waals surface area (Å²) in [4.78, 5) is 11.4. The number of hydrogen-bond donors (Lipinski definition) is 0. The van der Waals surface area contributed by atoms with Crippen LogP contribution in [-0.4, -0.2) is 14.5 Å². The van der Waals surface area contributed by atoms with Crippen molar-refractivity contribution in [3.05, 3.63) is 46.6 Å². The third-order valence-corrected chi connectivity index (χ3v) is 3.17. The molecule has 0 atom stereocenters. The van der Waals surface area contributed by atoms with Gasteiger partial charge in [0.25, 0.3) is 0 Å². The zero-order chi connectivity index (χ0) is 13.1. The molecule has 0 unspecified atom stereocenters. The molecule has 0 spiro atoms. The molecule has 0 aliphatic rings. The number of aryl methyl sites for hydroxylation is 1. The lowest BCUT2D eigenvalue weighted by molar-refractivity contribution is 0.109. The maximum atomic E-state index is 11.4. The molecule has 0 aliphatic heterocycles. The van der Waals surface area contributed by atoms with Crippen molar-refractivity contribution in [3.8, 4) is 5.88 Å². The van der Waals surface area contributed by atoms with Crippen molar-refractivity contribution in [2.24, 2.45) is 7.05 Å². The van der Waals surface area contributed by atoms with Crippen molar-refractivity contribution >= 4 is 32.2 Å². The van der Waals surface area contributed by atoms with Crippen LogP contribution in [0.25, 0.3) is 0 Å². The number of aromatic nitrogens is 2. The molecule has 0 amide bonds. The second-order valence-electron chi connectivity index (χ2n) is 3.66. The van der Waals surface area contributed by atoms with Crippen LogP contribution in [-0.2, 0) is 13.7 Å². The zero-order valence-corrected chi connectivity index (χ0v) is 11.9. The third kappa shape index (κ3) is 2.91. The SMILES string of the molecule is Cn1ccc(OCc2c(Cl)cccc2C(=O)Br)n1. The molecule has 0 fully saturated rings. The van der Waals surface area contributed by atoms with E-state index in [2.05, 4.69) is 21.0 Å². The first-order chi connectivity index (χ1) is 8.58. The lowest BCUT2D eigenvalue weighted by atomic mass is 10.1. The van der Waals surface area contributed by atoms with Gasteiger partial charge in [-0.25, -0.2) is 0 Å². The van der Waals surface area contributed by atoms with Crippen LogP contribution in [0.5, 0.6) is 5.88 Å². The number of halogens is 2. The number of ether oxygens (including phenoxy) is 1. The van der Waals surface area contributed by atoms with E-state index in [0.717, 1.165) is 0 Å². The second-order valence-corrected chi connectivity index (χ2v) is 4.78. The highest BCUT2D eigenvalue weighted by molar-refractivity contribution is 9.18. The first-order valence-corrected chi connectivity index (χ1v) is 6.34. The summed E-state index contributed by atoms with van der Waals surface area (Å²) in [5, 5.41) is 4.58. The average Bonchev–Trinajstić information content (AvgIpc) is 2.73. The molecule has 1 aromatic carbocycles. The summed E-state index contributed by atoms with van der Waals surface area (Å²) in [6.45, 7) is 0.198. The van der Waals surface area contributed by atoms with Crippen molar-refractivity contribution in [1.82, 2.24) is 9.78 Å². The van der Waals surface area contributed by atoms with Gasteiger partial charge in [-0.2, -0.15) is 0 Å². The number of hydrogen-bond acceptors (Lipinski definition) is 3. The molecule has 94 valence electrons. The number of nitrogens with zero attached hydrogens (tertiary/aromatic N) is 2. The van der Waals surface area contributed by atoms with Gasteiger partial charge < -0.3 is 4.74 Å². The molecule has 6 heteroatoms. The molecular weight excluding hydrogens is 320 g/mol. The summed E-state index contributed by atoms with van der Waals surface area (Å²) in [6, 6.07) is 6.88. The maximum Gasteiger partial charge on any atom is 0.233 e. The highest BCUT2D eigenvalue weighted by Gasteiger charge is 2.12. The molecular formula is C12H10BrClN2O2. The maximum absolute atomic E-state index is 11.4. The van der Waals surface area contributed by atoms with Crippen LogP contribution in [0.3, 0.4) is 0 Å². The van der Waals surface area contributed by atoms with Crippen molar-refractivity contribution in [1.29, 1.82) is 0 Å². The van der Waals surface area contributed by atoms with Gasteiger partial charge in [-0.1, -0.05) is 17.7 Å². The van der Waals surface area contributed by atoms with Gasteiger partial charge in [-0.15, -0.1) is 5.10 Å². The molecule has 0 radical (unpaired) electrons. The summed E-state index contributed by atoms with van der Waals surface area (Å²) in [5.74, 6) is 0.491. The largest absolute Gasteiger partial charge is 0.472 e. The van der Waals surface area contributed by atoms with E-state index >= 15 is 0 Å². The summed E-state index contributed by atoms with van der Waals surface area (Å²) in [5.41, 5.74) is 1.14. The number of rotatable bonds is 4. The normalized spacial score (nSPS) is 10.4. The van der Waals surface area contributed by atoms with Gasteiger partial charge in [0.2, 0.25) is 10.6 Å². The lowest BCUT2D eigenvalue weighted by Crippen LogP contribution is -2.03. The summed E-state index contributed by atoms with van der Waals surface area (Å²) < 4.78 is 6.91. The van der Waals surface area contributed by atoms with Crippen LogP contribution in [0.1, 0.15) is 15.9 Å². The Morgan fingerprint density at radius 2 is 2.28 bits per heavy atom. The Balaban J connectivity index is 2.20. The predicted octanol–water partition coefficient (Wildman–Crippen LogP) is 3.19. The van der Waals surface area contributed by atoms with E-state index in [9.17, 15) is 4.79 Å². The number of carbonyl (C=O) groups excluding carboxylic acids is 1. The van der Waals surface area contributed by atoms with E-state index < -0.39 is 0 Å². The van der Waals surface area contributed by atoms with Crippen molar-refractivity contribution in [2.45, 2.75) is 6.61 Å². The Morgan fingerprint density at radius 1 is 1.50 bits per heavy atom. The van der Waals surface area contributed by atoms with Crippen LogP contribution < -0.4 is 4.74 Å². The minimum atomic E-state index is -0.218. The average molecular weight is 330 g/mol. The summed E-state index contributed by atoms with van der Waals surface area (Å²) in [6.07, 6.45) is 1.78. The molecule has 0 aliphatic carbocycles. The Bertz CT molecular complexity index is 583. The molecule has 18 heavy (non-hydrogen) atoms. The Morgan fingerprint density at radius 3 is 2.89 bits per heavy atom. The van der Waals surface area contributed by atoms with Crippen LogP contribution in [0.15, 0.2) is 30.5 Å². The summed E-state index contributed by atoms with van der Waals surface area (Å²) >= 11 is 8.99. The fraction of sp³-hybridized carbons (Fsp3) is 0.167. The van der Waals surface area contributed by atoms with E-state index in [0.29, 0.717) is 22.0 Å². The first kappa shape index (κ1) is 13.1. The zero-order valence-electron chi connectivity index (χ0n) is 9.56. The van der Waals surface area contributed by atoms with Crippen LogP contribution >= 0.6 is 27.5 Å². The highest BCUT2D eigenvalue weighted by Crippen LogP contribution is 2.23. The minimum Gasteiger partial charge on any atom is -0.472 e. The van der Waals surface area contributed by atoms with Gasteiger partial charge in [0.15, 0.2) is 0 Å². The molecule has 0 saturated carbocycles. The molecule has 1 heterocycles. The lowest BCUT2D eigenvalue weighted by Gasteiger charge is -2.08. The fourth-order valence-corrected chi connectivity index (χ4v) is 2.11.